The summed E-state index contributed by atoms with van der Waals surface area (Å²) in [5.74, 6) is -2.34. The highest BCUT2D eigenvalue weighted by atomic mass is 32.2. The number of hydrogen-bond donors (Lipinski definition) is 3. The number of ether oxygens (including phenoxy) is 2. The summed E-state index contributed by atoms with van der Waals surface area (Å²) in [7, 11) is -3.90. The standard InChI is InChI=1S/C39H51N5O9S/c1-25-11-6-5-7-12-26-13-10-14-27-21-43(23-31(26)27)38(49)53-29-19-33-34(45)41-39(36(47)42-54(50,51)30-17-18-30)20-28(39)15-8-3-2-4-9-16-32(35(46)44(33)22-29)40-37(48)52-24-25/h7-8,10,12-15,25,28-30,32-33H,2-6,9,11,16-24H2,1H3,(H,40,48)(H,41,45)(H,42,47)/b12-7+,15-8-/t25-,28+,29+,32-,33-,39+/m0/s1. The minimum Gasteiger partial charge on any atom is -0.449 e. The van der Waals surface area contributed by atoms with E-state index in [2.05, 4.69) is 27.5 Å². The summed E-state index contributed by atoms with van der Waals surface area (Å²) in [6, 6.07) is 3.80. The number of benzene rings is 1. The molecule has 7 rings (SSSR count). The number of fused-ring (bicyclic) bond motifs is 4. The molecule has 292 valence electrons. The van der Waals surface area contributed by atoms with Crippen LogP contribution in [0, 0.1) is 11.8 Å². The lowest BCUT2D eigenvalue weighted by Gasteiger charge is -2.29. The molecule has 6 aliphatic rings. The largest absolute Gasteiger partial charge is 0.449 e. The first-order valence-corrected chi connectivity index (χ1v) is 21.0. The third-order valence-corrected chi connectivity index (χ3v) is 13.4. The summed E-state index contributed by atoms with van der Waals surface area (Å²) in [6.45, 7) is 2.79. The Morgan fingerprint density at radius 2 is 1.80 bits per heavy atom. The van der Waals surface area contributed by atoms with Gasteiger partial charge in [0.05, 0.1) is 24.9 Å². The average Bonchev–Trinajstić information content (AvgIpc) is 4.02. The van der Waals surface area contributed by atoms with E-state index in [-0.39, 0.29) is 31.9 Å². The number of amides is 5. The highest BCUT2D eigenvalue weighted by Crippen LogP contribution is 2.46. The molecule has 3 N–H and O–H groups in total. The van der Waals surface area contributed by atoms with Crippen molar-refractivity contribution in [1.29, 1.82) is 0 Å². The molecule has 0 aromatic heterocycles. The van der Waals surface area contributed by atoms with Gasteiger partial charge in [-0.2, -0.15) is 0 Å². The van der Waals surface area contributed by atoms with Gasteiger partial charge in [-0.15, -0.1) is 0 Å². The molecule has 15 heteroatoms. The Morgan fingerprint density at radius 3 is 2.61 bits per heavy atom. The molecular weight excluding hydrogens is 715 g/mol. The number of nitrogens with zero attached hydrogens (tertiary/aromatic N) is 2. The van der Waals surface area contributed by atoms with Crippen molar-refractivity contribution in [2.24, 2.45) is 11.8 Å². The maximum absolute atomic E-state index is 14.4. The highest BCUT2D eigenvalue weighted by Gasteiger charge is 2.62. The molecule has 1 aromatic rings. The topological polar surface area (TPSA) is 181 Å². The fourth-order valence-electron chi connectivity index (χ4n) is 8.08. The molecule has 2 saturated carbocycles. The predicted molar refractivity (Wildman–Crippen MR) is 198 cm³/mol. The van der Waals surface area contributed by atoms with Crippen LogP contribution in [0.25, 0.3) is 6.08 Å². The van der Waals surface area contributed by atoms with E-state index in [1.807, 2.05) is 37.3 Å². The third kappa shape index (κ3) is 8.45. The van der Waals surface area contributed by atoms with Gasteiger partial charge in [0, 0.05) is 18.9 Å². The number of cyclic esters (lactones) is 1. The van der Waals surface area contributed by atoms with Crippen LogP contribution < -0.4 is 15.4 Å². The van der Waals surface area contributed by atoms with Gasteiger partial charge in [-0.25, -0.2) is 18.0 Å². The molecule has 14 nitrogen and oxygen atoms in total. The van der Waals surface area contributed by atoms with Gasteiger partial charge in [-0.05, 0) is 80.4 Å². The van der Waals surface area contributed by atoms with Crippen LogP contribution in [0.2, 0.25) is 0 Å². The van der Waals surface area contributed by atoms with E-state index in [9.17, 15) is 32.4 Å². The molecular formula is C39H51N5O9S. The first-order chi connectivity index (χ1) is 25.9. The molecule has 2 aliphatic carbocycles. The Balaban J connectivity index is 1.17. The van der Waals surface area contributed by atoms with E-state index in [4.69, 9.17) is 9.47 Å². The van der Waals surface area contributed by atoms with Crippen molar-refractivity contribution >= 4 is 46.0 Å². The number of carbonyl (C=O) groups is 5. The highest BCUT2D eigenvalue weighted by molar-refractivity contribution is 7.91. The van der Waals surface area contributed by atoms with Crippen LogP contribution in [0.15, 0.2) is 36.4 Å². The second kappa shape index (κ2) is 15.8. The number of alkyl carbamates (subject to hydrolysis) is 1. The molecule has 0 spiro atoms. The Bertz CT molecular complexity index is 1830. The fraction of sp³-hybridized carbons (Fsp3) is 0.615. The minimum atomic E-state index is -3.90. The van der Waals surface area contributed by atoms with Crippen LogP contribution in [0.5, 0.6) is 0 Å². The van der Waals surface area contributed by atoms with Crippen molar-refractivity contribution in [2.45, 2.75) is 126 Å². The molecule has 6 atom stereocenters. The van der Waals surface area contributed by atoms with Gasteiger partial charge in [0.15, 0.2) is 0 Å². The summed E-state index contributed by atoms with van der Waals surface area (Å²) in [4.78, 5) is 72.1. The number of carbonyl (C=O) groups excluding carboxylic acids is 5. The maximum atomic E-state index is 14.4. The SMILES string of the molecule is C[C@H]1CCC/C=C/c2cccc3c2CN(C3)C(=O)O[C@@H]2C[C@H]3C(=O)N[C@]4(C(=O)NS(=O)(=O)C5CC5)C[C@H]4/C=C\CCCCC[C@H](NC(=O)OC1)C(=O)N3C2. The molecule has 5 bridgehead atoms. The normalized spacial score (nSPS) is 32.4. The smallest absolute Gasteiger partial charge is 0.410 e. The van der Waals surface area contributed by atoms with E-state index in [1.165, 1.54) is 4.90 Å². The molecule has 1 aromatic carbocycles. The van der Waals surface area contributed by atoms with Gasteiger partial charge < -0.3 is 25.0 Å². The Morgan fingerprint density at radius 1 is 0.981 bits per heavy atom. The van der Waals surface area contributed by atoms with Gasteiger partial charge in [0.1, 0.15) is 23.7 Å². The molecule has 1 saturated heterocycles. The van der Waals surface area contributed by atoms with E-state index in [0.717, 1.165) is 48.8 Å². The first-order valence-electron chi connectivity index (χ1n) is 19.4. The molecule has 3 fully saturated rings. The van der Waals surface area contributed by atoms with Crippen LogP contribution in [0.1, 0.15) is 101 Å². The second-order valence-electron chi connectivity index (χ2n) is 15.8. The van der Waals surface area contributed by atoms with Crippen molar-refractivity contribution in [3.63, 3.8) is 0 Å². The monoisotopic (exact) mass is 765 g/mol. The summed E-state index contributed by atoms with van der Waals surface area (Å²) in [5, 5.41) is 4.96. The molecule has 54 heavy (non-hydrogen) atoms. The Kier molecular flexibility index (Phi) is 11.1. The molecule has 4 heterocycles. The van der Waals surface area contributed by atoms with Crippen LogP contribution in [-0.2, 0) is 47.0 Å². The summed E-state index contributed by atoms with van der Waals surface area (Å²) >= 11 is 0. The average molecular weight is 766 g/mol. The van der Waals surface area contributed by atoms with Crippen LogP contribution >= 0.6 is 0 Å². The Labute approximate surface area is 316 Å². The number of rotatable bonds is 3. The summed E-state index contributed by atoms with van der Waals surface area (Å²) in [6.07, 6.45) is 12.6. The summed E-state index contributed by atoms with van der Waals surface area (Å²) in [5.41, 5.74) is 1.57. The zero-order chi connectivity index (χ0) is 38.0. The summed E-state index contributed by atoms with van der Waals surface area (Å²) < 4.78 is 39.4. The lowest BCUT2D eigenvalue weighted by molar-refractivity contribution is -0.141. The number of allylic oxidation sites excluding steroid dienone is 2. The van der Waals surface area contributed by atoms with Crippen molar-refractivity contribution in [3.05, 3.63) is 53.1 Å². The zero-order valence-electron chi connectivity index (χ0n) is 30.8. The van der Waals surface area contributed by atoms with Gasteiger partial charge in [-0.3, -0.25) is 24.0 Å². The quantitative estimate of drug-likeness (QED) is 0.383. The maximum Gasteiger partial charge on any atom is 0.410 e. The third-order valence-electron chi connectivity index (χ3n) is 11.5. The molecule has 4 aliphatic heterocycles. The predicted octanol–water partition coefficient (Wildman–Crippen LogP) is 4.04. The van der Waals surface area contributed by atoms with Crippen molar-refractivity contribution in [1.82, 2.24) is 25.2 Å². The minimum absolute atomic E-state index is 0.0502. The number of nitrogens with one attached hydrogen (secondary N) is 3. The van der Waals surface area contributed by atoms with Gasteiger partial charge in [0.2, 0.25) is 21.8 Å². The molecule has 5 amide bonds. The van der Waals surface area contributed by atoms with Gasteiger partial charge in [0.25, 0.3) is 5.91 Å². The van der Waals surface area contributed by atoms with E-state index in [0.29, 0.717) is 45.2 Å². The van der Waals surface area contributed by atoms with Crippen LogP contribution in [-0.4, -0.2) is 90.3 Å². The van der Waals surface area contributed by atoms with Crippen LogP contribution in [0.3, 0.4) is 0 Å². The lowest BCUT2D eigenvalue weighted by Crippen LogP contribution is -2.58. The van der Waals surface area contributed by atoms with Crippen molar-refractivity contribution < 1.29 is 41.9 Å². The second-order valence-corrected chi connectivity index (χ2v) is 17.8. The molecule has 0 unspecified atom stereocenters. The number of sulfonamides is 1. The Hall–Kier alpha value is -4.40. The lowest BCUT2D eigenvalue weighted by atomic mass is 10.0. The van der Waals surface area contributed by atoms with Crippen molar-refractivity contribution in [3.8, 4) is 0 Å². The van der Waals surface area contributed by atoms with E-state index < -0.39 is 74.8 Å². The van der Waals surface area contributed by atoms with E-state index >= 15 is 0 Å². The van der Waals surface area contributed by atoms with Crippen molar-refractivity contribution in [2.75, 3.05) is 13.2 Å². The van der Waals surface area contributed by atoms with E-state index in [1.54, 1.807) is 4.90 Å². The first kappa shape index (κ1) is 37.9. The van der Waals surface area contributed by atoms with Gasteiger partial charge in [-0.1, -0.05) is 62.3 Å². The molecule has 0 radical (unpaired) electrons. The number of hydrogen-bond acceptors (Lipinski definition) is 9. The zero-order valence-corrected chi connectivity index (χ0v) is 31.6. The van der Waals surface area contributed by atoms with Gasteiger partial charge >= 0.3 is 12.2 Å². The fourth-order valence-corrected chi connectivity index (χ4v) is 9.44. The van der Waals surface area contributed by atoms with Crippen LogP contribution in [0.4, 0.5) is 9.59 Å².